The maximum atomic E-state index is 12.5. The van der Waals surface area contributed by atoms with Crippen LogP contribution in [0.4, 0.5) is 0 Å². The Bertz CT molecular complexity index is 632. The lowest BCUT2D eigenvalue weighted by molar-refractivity contribution is -0.132. The Hall–Kier alpha value is -1.90. The number of β-amino-alcohol motifs (C(OH)–C–C–N with tert-alkyl or cyclic N) is 1. The summed E-state index contributed by atoms with van der Waals surface area (Å²) in [5, 5.41) is 19.4. The minimum absolute atomic E-state index is 0.311. The number of carbonyl (C=O) groups is 1. The van der Waals surface area contributed by atoms with Crippen molar-refractivity contribution in [1.29, 1.82) is 5.26 Å². The summed E-state index contributed by atoms with van der Waals surface area (Å²) in [7, 11) is 0. The van der Waals surface area contributed by atoms with Crippen molar-refractivity contribution in [2.75, 3.05) is 32.7 Å². The molecule has 1 aromatic rings. The minimum Gasteiger partial charge on any atom is -0.387 e. The summed E-state index contributed by atoms with van der Waals surface area (Å²) in [5.41, 5.74) is 1.44. The maximum absolute atomic E-state index is 12.5. The molecular weight excluding hydrogens is 326 g/mol. The van der Waals surface area contributed by atoms with Crippen LogP contribution in [0.1, 0.15) is 55.8 Å². The molecule has 1 atom stereocenters. The molecule has 1 N–H and O–H groups in total. The van der Waals surface area contributed by atoms with Gasteiger partial charge in [-0.05, 0) is 42.9 Å². The van der Waals surface area contributed by atoms with Crippen molar-refractivity contribution in [2.45, 2.75) is 44.6 Å². The summed E-state index contributed by atoms with van der Waals surface area (Å²) in [6, 6.07) is 9.21. The number of nitriles is 1. The van der Waals surface area contributed by atoms with Gasteiger partial charge < -0.3 is 10.0 Å². The van der Waals surface area contributed by atoms with Crippen molar-refractivity contribution in [3.8, 4) is 6.07 Å². The van der Waals surface area contributed by atoms with Crippen molar-refractivity contribution in [1.82, 2.24) is 9.80 Å². The Morgan fingerprint density at radius 3 is 2.54 bits per heavy atom. The molecule has 1 heterocycles. The van der Waals surface area contributed by atoms with Crippen LogP contribution in [0.3, 0.4) is 0 Å². The SMILES string of the molecule is N#Cc1ccc(C(O)CN2CCCN(C(=O)CC3CCCC3)CC2)cc1. The highest BCUT2D eigenvalue weighted by Crippen LogP contribution is 2.28. The lowest BCUT2D eigenvalue weighted by Gasteiger charge is -2.24. The second kappa shape index (κ2) is 9.16. The second-order valence-corrected chi connectivity index (χ2v) is 7.64. The van der Waals surface area contributed by atoms with Crippen molar-refractivity contribution in [3.05, 3.63) is 35.4 Å². The van der Waals surface area contributed by atoms with Crippen LogP contribution < -0.4 is 0 Å². The van der Waals surface area contributed by atoms with E-state index in [9.17, 15) is 9.90 Å². The molecule has 140 valence electrons. The third-order valence-electron chi connectivity index (χ3n) is 5.73. The van der Waals surface area contributed by atoms with Crippen molar-refractivity contribution >= 4 is 5.91 Å². The minimum atomic E-state index is -0.566. The molecule has 0 radical (unpaired) electrons. The molecule has 1 amide bonds. The molecule has 2 fully saturated rings. The van der Waals surface area contributed by atoms with E-state index in [0.29, 0.717) is 30.4 Å². The van der Waals surface area contributed by atoms with Crippen LogP contribution in [0.2, 0.25) is 0 Å². The summed E-state index contributed by atoms with van der Waals surface area (Å²) < 4.78 is 0. The summed E-state index contributed by atoms with van der Waals surface area (Å²) in [6.45, 7) is 3.86. The monoisotopic (exact) mass is 355 g/mol. The van der Waals surface area contributed by atoms with E-state index in [4.69, 9.17) is 5.26 Å². The molecule has 5 heteroatoms. The zero-order chi connectivity index (χ0) is 18.4. The van der Waals surface area contributed by atoms with Gasteiger partial charge >= 0.3 is 0 Å². The Kier molecular flexibility index (Phi) is 6.65. The quantitative estimate of drug-likeness (QED) is 0.882. The molecule has 0 spiro atoms. The van der Waals surface area contributed by atoms with E-state index < -0.39 is 6.10 Å². The lowest BCUT2D eigenvalue weighted by atomic mass is 10.0. The van der Waals surface area contributed by atoms with Gasteiger partial charge in [0.1, 0.15) is 0 Å². The van der Waals surface area contributed by atoms with Gasteiger partial charge in [0.2, 0.25) is 5.91 Å². The van der Waals surface area contributed by atoms with Crippen molar-refractivity contribution < 1.29 is 9.90 Å². The fourth-order valence-electron chi connectivity index (χ4n) is 4.12. The van der Waals surface area contributed by atoms with Crippen LogP contribution in [0.5, 0.6) is 0 Å². The number of hydrogen-bond donors (Lipinski definition) is 1. The molecule has 5 nitrogen and oxygen atoms in total. The molecule has 1 aromatic carbocycles. The summed E-state index contributed by atoms with van der Waals surface area (Å²) in [4.78, 5) is 16.8. The molecule has 1 aliphatic carbocycles. The number of aliphatic hydroxyl groups is 1. The van der Waals surface area contributed by atoms with Gasteiger partial charge in [-0.1, -0.05) is 25.0 Å². The molecule has 0 bridgehead atoms. The molecule has 1 unspecified atom stereocenters. The smallest absolute Gasteiger partial charge is 0.222 e. The molecule has 26 heavy (non-hydrogen) atoms. The fourth-order valence-corrected chi connectivity index (χ4v) is 4.12. The summed E-state index contributed by atoms with van der Waals surface area (Å²) in [5.74, 6) is 0.909. The zero-order valence-corrected chi connectivity index (χ0v) is 15.4. The first-order valence-electron chi connectivity index (χ1n) is 9.84. The van der Waals surface area contributed by atoms with E-state index in [1.54, 1.807) is 12.1 Å². The number of rotatable bonds is 5. The average molecular weight is 355 g/mol. The normalized spacial score (nSPS) is 20.5. The first-order valence-corrected chi connectivity index (χ1v) is 9.84. The number of amides is 1. The van der Waals surface area contributed by atoms with Gasteiger partial charge in [-0.2, -0.15) is 5.26 Å². The maximum Gasteiger partial charge on any atom is 0.222 e. The van der Waals surface area contributed by atoms with Crippen LogP contribution in [0.15, 0.2) is 24.3 Å². The van der Waals surface area contributed by atoms with Crippen molar-refractivity contribution in [3.63, 3.8) is 0 Å². The molecular formula is C21H29N3O2. The number of carbonyl (C=O) groups excluding carboxylic acids is 1. The number of aliphatic hydroxyl groups excluding tert-OH is 1. The third kappa shape index (κ3) is 5.06. The number of benzene rings is 1. The van der Waals surface area contributed by atoms with Crippen LogP contribution in [-0.4, -0.2) is 53.5 Å². The van der Waals surface area contributed by atoms with E-state index in [1.807, 2.05) is 17.0 Å². The zero-order valence-electron chi connectivity index (χ0n) is 15.4. The first kappa shape index (κ1) is 18.9. The fraction of sp³-hybridized carbons (Fsp3) is 0.619. The summed E-state index contributed by atoms with van der Waals surface area (Å²) in [6.07, 6.45) is 6.08. The van der Waals surface area contributed by atoms with E-state index in [0.717, 1.165) is 38.2 Å². The number of nitrogens with zero attached hydrogens (tertiary/aromatic N) is 3. The molecule has 1 aliphatic heterocycles. The molecule has 1 saturated carbocycles. The highest BCUT2D eigenvalue weighted by atomic mass is 16.3. The van der Waals surface area contributed by atoms with Crippen LogP contribution >= 0.6 is 0 Å². The van der Waals surface area contributed by atoms with Gasteiger partial charge in [-0.25, -0.2) is 0 Å². The largest absolute Gasteiger partial charge is 0.387 e. The van der Waals surface area contributed by atoms with Gasteiger partial charge in [0.05, 0.1) is 17.7 Å². The Labute approximate surface area is 156 Å². The van der Waals surface area contributed by atoms with E-state index in [-0.39, 0.29) is 0 Å². The highest BCUT2D eigenvalue weighted by Gasteiger charge is 2.24. The second-order valence-electron chi connectivity index (χ2n) is 7.64. The van der Waals surface area contributed by atoms with Crippen LogP contribution in [0.25, 0.3) is 0 Å². The van der Waals surface area contributed by atoms with Crippen LogP contribution in [0, 0.1) is 17.2 Å². The van der Waals surface area contributed by atoms with Gasteiger partial charge in [0.15, 0.2) is 0 Å². The predicted molar refractivity (Wildman–Crippen MR) is 100 cm³/mol. The standard InChI is InChI=1S/C21H29N3O2/c22-15-18-6-8-19(9-7-18)20(25)16-23-10-3-11-24(13-12-23)21(26)14-17-4-1-2-5-17/h6-9,17,20,25H,1-5,10-14,16H2. The van der Waals surface area contributed by atoms with Gasteiger partial charge in [-0.15, -0.1) is 0 Å². The highest BCUT2D eigenvalue weighted by molar-refractivity contribution is 5.76. The van der Waals surface area contributed by atoms with E-state index >= 15 is 0 Å². The number of hydrogen-bond acceptors (Lipinski definition) is 4. The molecule has 3 rings (SSSR count). The van der Waals surface area contributed by atoms with Crippen molar-refractivity contribution in [2.24, 2.45) is 5.92 Å². The topological polar surface area (TPSA) is 67.6 Å². The Morgan fingerprint density at radius 2 is 1.85 bits per heavy atom. The predicted octanol–water partition coefficient (Wildman–Crippen LogP) is 2.71. The Balaban J connectivity index is 1.48. The van der Waals surface area contributed by atoms with Gasteiger partial charge in [0, 0.05) is 39.1 Å². The van der Waals surface area contributed by atoms with Gasteiger partial charge in [-0.3, -0.25) is 9.69 Å². The molecule has 0 aromatic heterocycles. The molecule has 2 aliphatic rings. The third-order valence-corrected chi connectivity index (χ3v) is 5.73. The average Bonchev–Trinajstić information content (AvgIpc) is 3.05. The van der Waals surface area contributed by atoms with E-state index in [1.165, 1.54) is 25.7 Å². The molecule has 1 saturated heterocycles. The lowest BCUT2D eigenvalue weighted by Crippen LogP contribution is -2.36. The van der Waals surface area contributed by atoms with Crippen LogP contribution in [-0.2, 0) is 4.79 Å². The Morgan fingerprint density at radius 1 is 1.12 bits per heavy atom. The summed E-state index contributed by atoms with van der Waals surface area (Å²) >= 11 is 0. The first-order chi connectivity index (χ1) is 12.7. The van der Waals surface area contributed by atoms with E-state index in [2.05, 4.69) is 11.0 Å². The van der Waals surface area contributed by atoms with Gasteiger partial charge in [0.25, 0.3) is 0 Å².